The molecule has 2 atom stereocenters. The molecule has 1 aromatic rings. The molecule has 14 heavy (non-hydrogen) atoms. The van der Waals surface area contributed by atoms with E-state index in [0.29, 0.717) is 11.6 Å². The monoisotopic (exact) mass is 189 g/mol. The summed E-state index contributed by atoms with van der Waals surface area (Å²) in [6, 6.07) is 6.59. The number of pyridine rings is 1. The van der Waals surface area contributed by atoms with Crippen LogP contribution >= 0.6 is 0 Å². The molecule has 1 aliphatic carbocycles. The standard InChI is InChI=1S/C11H15N3/c1-2-6-12-10(4-1)14-9-8-11(9)5-3-7-13-11/h1-2,4,6,9,13H,3,5,7-8H2,(H,12,14)/t9-,11?/m0/s1. The Labute approximate surface area is 83.9 Å². The summed E-state index contributed by atoms with van der Waals surface area (Å²) in [5.41, 5.74) is 0.414. The second-order valence-electron chi connectivity index (χ2n) is 4.30. The van der Waals surface area contributed by atoms with E-state index in [2.05, 4.69) is 15.6 Å². The molecule has 74 valence electrons. The summed E-state index contributed by atoms with van der Waals surface area (Å²) in [6.07, 6.45) is 5.72. The minimum absolute atomic E-state index is 0.414. The molecule has 3 nitrogen and oxygen atoms in total. The van der Waals surface area contributed by atoms with Gasteiger partial charge in [-0.3, -0.25) is 0 Å². The van der Waals surface area contributed by atoms with E-state index in [1.807, 2.05) is 24.4 Å². The van der Waals surface area contributed by atoms with Crippen LogP contribution < -0.4 is 10.6 Å². The Bertz CT molecular complexity index is 317. The molecule has 0 bridgehead atoms. The van der Waals surface area contributed by atoms with Crippen molar-refractivity contribution in [3.05, 3.63) is 24.4 Å². The van der Waals surface area contributed by atoms with Crippen LogP contribution in [0.1, 0.15) is 19.3 Å². The molecule has 1 spiro atoms. The summed E-state index contributed by atoms with van der Waals surface area (Å²) in [5, 5.41) is 7.06. The van der Waals surface area contributed by atoms with Crippen LogP contribution in [-0.4, -0.2) is 23.1 Å². The number of aromatic nitrogens is 1. The predicted molar refractivity (Wildman–Crippen MR) is 56.2 cm³/mol. The van der Waals surface area contributed by atoms with E-state index < -0.39 is 0 Å². The van der Waals surface area contributed by atoms with Gasteiger partial charge >= 0.3 is 0 Å². The maximum atomic E-state index is 4.27. The minimum atomic E-state index is 0.414. The van der Waals surface area contributed by atoms with E-state index in [1.165, 1.54) is 25.8 Å². The van der Waals surface area contributed by atoms with Gasteiger partial charge in [0.2, 0.25) is 0 Å². The fourth-order valence-corrected chi connectivity index (χ4v) is 2.42. The fraction of sp³-hybridized carbons (Fsp3) is 0.545. The SMILES string of the molecule is c1ccc(N[C@H]2CC23CCCN3)nc1. The van der Waals surface area contributed by atoms with Crippen LogP contribution in [0.25, 0.3) is 0 Å². The van der Waals surface area contributed by atoms with Gasteiger partial charge in [0.05, 0.1) is 0 Å². The van der Waals surface area contributed by atoms with Crippen molar-refractivity contribution in [2.45, 2.75) is 30.8 Å². The van der Waals surface area contributed by atoms with Crippen molar-refractivity contribution < 1.29 is 0 Å². The van der Waals surface area contributed by atoms with Gasteiger partial charge in [0.25, 0.3) is 0 Å². The third kappa shape index (κ3) is 1.28. The Balaban J connectivity index is 1.65. The lowest BCUT2D eigenvalue weighted by atomic mass is 10.2. The Morgan fingerprint density at radius 2 is 2.50 bits per heavy atom. The largest absolute Gasteiger partial charge is 0.365 e. The molecule has 0 radical (unpaired) electrons. The van der Waals surface area contributed by atoms with Gasteiger partial charge in [0.15, 0.2) is 0 Å². The van der Waals surface area contributed by atoms with Crippen molar-refractivity contribution in [1.82, 2.24) is 10.3 Å². The van der Waals surface area contributed by atoms with Crippen molar-refractivity contribution in [3.8, 4) is 0 Å². The van der Waals surface area contributed by atoms with Gasteiger partial charge in [-0.1, -0.05) is 6.07 Å². The second kappa shape index (κ2) is 2.95. The van der Waals surface area contributed by atoms with Crippen LogP contribution in [0.3, 0.4) is 0 Å². The third-order valence-electron chi connectivity index (χ3n) is 3.34. The normalized spacial score (nSPS) is 34.7. The molecule has 1 unspecified atom stereocenters. The quantitative estimate of drug-likeness (QED) is 0.738. The zero-order valence-corrected chi connectivity index (χ0v) is 8.16. The van der Waals surface area contributed by atoms with Crippen LogP contribution in [0, 0.1) is 0 Å². The first-order valence-corrected chi connectivity index (χ1v) is 5.32. The lowest BCUT2D eigenvalue weighted by Gasteiger charge is -2.10. The van der Waals surface area contributed by atoms with Crippen molar-refractivity contribution in [3.63, 3.8) is 0 Å². The van der Waals surface area contributed by atoms with Gasteiger partial charge in [-0.05, 0) is 37.9 Å². The zero-order valence-electron chi connectivity index (χ0n) is 8.16. The summed E-state index contributed by atoms with van der Waals surface area (Å²) in [4.78, 5) is 4.27. The molecule has 3 rings (SSSR count). The topological polar surface area (TPSA) is 37.0 Å². The highest BCUT2D eigenvalue weighted by Gasteiger charge is 2.55. The summed E-state index contributed by atoms with van der Waals surface area (Å²) < 4.78 is 0. The van der Waals surface area contributed by atoms with Crippen molar-refractivity contribution >= 4 is 5.82 Å². The first-order valence-electron chi connectivity index (χ1n) is 5.32. The molecule has 1 saturated heterocycles. The second-order valence-corrected chi connectivity index (χ2v) is 4.30. The first-order chi connectivity index (χ1) is 6.89. The molecule has 3 heteroatoms. The Hall–Kier alpha value is -1.09. The van der Waals surface area contributed by atoms with E-state index in [0.717, 1.165) is 5.82 Å². The van der Waals surface area contributed by atoms with Gasteiger partial charge in [-0.2, -0.15) is 0 Å². The van der Waals surface area contributed by atoms with E-state index in [1.54, 1.807) is 0 Å². The lowest BCUT2D eigenvalue weighted by Crippen LogP contribution is -2.30. The first kappa shape index (κ1) is 8.24. The number of rotatable bonds is 2. The molecular formula is C11H15N3. The average molecular weight is 189 g/mol. The van der Waals surface area contributed by atoms with Crippen LogP contribution in [-0.2, 0) is 0 Å². The Kier molecular flexibility index (Phi) is 1.74. The molecule has 2 aliphatic rings. The lowest BCUT2D eigenvalue weighted by molar-refractivity contribution is 0.585. The summed E-state index contributed by atoms with van der Waals surface area (Å²) in [7, 11) is 0. The van der Waals surface area contributed by atoms with Gasteiger partial charge in [-0.25, -0.2) is 4.98 Å². The van der Waals surface area contributed by atoms with Crippen molar-refractivity contribution in [2.24, 2.45) is 0 Å². The van der Waals surface area contributed by atoms with Gasteiger partial charge in [-0.15, -0.1) is 0 Å². The minimum Gasteiger partial charge on any atom is -0.365 e. The fourth-order valence-electron chi connectivity index (χ4n) is 2.42. The number of hydrogen-bond acceptors (Lipinski definition) is 3. The molecule has 2 fully saturated rings. The molecule has 2 N–H and O–H groups in total. The number of anilines is 1. The van der Waals surface area contributed by atoms with E-state index in [4.69, 9.17) is 0 Å². The number of hydrogen-bond donors (Lipinski definition) is 2. The highest BCUT2D eigenvalue weighted by Crippen LogP contribution is 2.44. The van der Waals surface area contributed by atoms with Crippen LogP contribution in [0.4, 0.5) is 5.82 Å². The van der Waals surface area contributed by atoms with Gasteiger partial charge in [0.1, 0.15) is 5.82 Å². The molecule has 0 amide bonds. The average Bonchev–Trinajstić information content (AvgIpc) is 2.67. The highest BCUT2D eigenvalue weighted by atomic mass is 15.2. The maximum Gasteiger partial charge on any atom is 0.126 e. The molecule has 1 saturated carbocycles. The maximum absolute atomic E-state index is 4.27. The summed E-state index contributed by atoms with van der Waals surface area (Å²) in [6.45, 7) is 1.18. The van der Waals surface area contributed by atoms with E-state index in [9.17, 15) is 0 Å². The number of nitrogens with one attached hydrogen (secondary N) is 2. The van der Waals surface area contributed by atoms with Crippen LogP contribution in [0.5, 0.6) is 0 Å². The van der Waals surface area contributed by atoms with Crippen LogP contribution in [0.15, 0.2) is 24.4 Å². The molecule has 1 aromatic heterocycles. The van der Waals surface area contributed by atoms with Crippen LogP contribution in [0.2, 0.25) is 0 Å². The Morgan fingerprint density at radius 1 is 1.50 bits per heavy atom. The van der Waals surface area contributed by atoms with E-state index in [-0.39, 0.29) is 0 Å². The van der Waals surface area contributed by atoms with Gasteiger partial charge in [0, 0.05) is 17.8 Å². The number of nitrogens with zero attached hydrogens (tertiary/aromatic N) is 1. The smallest absolute Gasteiger partial charge is 0.126 e. The molecule has 2 heterocycles. The zero-order chi connectivity index (χ0) is 9.43. The molecule has 0 aromatic carbocycles. The summed E-state index contributed by atoms with van der Waals surface area (Å²) in [5.74, 6) is 1.00. The predicted octanol–water partition coefficient (Wildman–Crippen LogP) is 1.39. The third-order valence-corrected chi connectivity index (χ3v) is 3.34. The van der Waals surface area contributed by atoms with E-state index >= 15 is 0 Å². The van der Waals surface area contributed by atoms with Gasteiger partial charge < -0.3 is 10.6 Å². The molecule has 1 aliphatic heterocycles. The molecular weight excluding hydrogens is 174 g/mol. The van der Waals surface area contributed by atoms with Crippen molar-refractivity contribution in [1.29, 1.82) is 0 Å². The van der Waals surface area contributed by atoms with Crippen molar-refractivity contribution in [2.75, 3.05) is 11.9 Å². The highest BCUT2D eigenvalue weighted by molar-refractivity contribution is 5.40. The summed E-state index contributed by atoms with van der Waals surface area (Å²) >= 11 is 0. The Morgan fingerprint density at radius 3 is 3.21 bits per heavy atom.